The smallest absolute Gasteiger partial charge is 0.246 e. The van der Waals surface area contributed by atoms with E-state index in [2.05, 4.69) is 57.2 Å². The van der Waals surface area contributed by atoms with Gasteiger partial charge in [-0.3, -0.25) is 0 Å². The van der Waals surface area contributed by atoms with Crippen LogP contribution in [-0.2, 0) is 12.3 Å². The molecule has 0 aliphatic carbocycles. The van der Waals surface area contributed by atoms with E-state index < -0.39 is 0 Å². The van der Waals surface area contributed by atoms with Crippen molar-refractivity contribution < 1.29 is 4.52 Å². The number of nitrogens with zero attached hydrogens (tertiary/aromatic N) is 2. The molecule has 4 aromatic rings. The third kappa shape index (κ3) is 6.16. The highest BCUT2D eigenvalue weighted by Gasteiger charge is 2.09. The van der Waals surface area contributed by atoms with Gasteiger partial charge in [0, 0.05) is 21.9 Å². The first-order valence-electron chi connectivity index (χ1n) is 9.87. The molecule has 156 valence electrons. The first-order chi connectivity index (χ1) is 15.2. The Morgan fingerprint density at radius 1 is 1.00 bits per heavy atom. The van der Waals surface area contributed by atoms with Crippen molar-refractivity contribution in [1.29, 1.82) is 0 Å². The molecule has 0 atom stereocenters. The van der Waals surface area contributed by atoms with Crippen molar-refractivity contribution in [3.05, 3.63) is 95.9 Å². The zero-order valence-corrected chi connectivity index (χ0v) is 18.7. The zero-order chi connectivity index (χ0) is 21.5. The molecule has 0 aliphatic heterocycles. The van der Waals surface area contributed by atoms with Crippen LogP contribution in [0.2, 0.25) is 0 Å². The summed E-state index contributed by atoms with van der Waals surface area (Å²) >= 11 is 7.20. The lowest BCUT2D eigenvalue weighted by atomic mass is 10.1. The lowest BCUT2D eigenvalue weighted by molar-refractivity contribution is 0.376. The van der Waals surface area contributed by atoms with E-state index in [1.165, 1.54) is 10.5 Å². The average Bonchev–Trinajstić information content (AvgIpc) is 3.27. The molecule has 0 aliphatic rings. The number of aromatic nitrogens is 2. The van der Waals surface area contributed by atoms with E-state index in [4.69, 9.17) is 16.7 Å². The van der Waals surface area contributed by atoms with Gasteiger partial charge in [0.2, 0.25) is 11.7 Å². The fourth-order valence-electron chi connectivity index (χ4n) is 2.93. The molecule has 0 amide bonds. The normalized spacial score (nSPS) is 10.6. The van der Waals surface area contributed by atoms with Gasteiger partial charge in [0.05, 0.1) is 6.54 Å². The van der Waals surface area contributed by atoms with Gasteiger partial charge in [-0.05, 0) is 55.0 Å². The van der Waals surface area contributed by atoms with Crippen LogP contribution < -0.4 is 10.6 Å². The van der Waals surface area contributed by atoms with E-state index in [-0.39, 0.29) is 0 Å². The van der Waals surface area contributed by atoms with Gasteiger partial charge in [0.1, 0.15) is 0 Å². The number of anilines is 1. The highest BCUT2D eigenvalue weighted by Crippen LogP contribution is 2.23. The Labute approximate surface area is 191 Å². The third-order valence-electron chi connectivity index (χ3n) is 4.51. The van der Waals surface area contributed by atoms with Crippen LogP contribution in [0.1, 0.15) is 17.0 Å². The quantitative estimate of drug-likeness (QED) is 0.274. The Kier molecular flexibility index (Phi) is 6.96. The van der Waals surface area contributed by atoms with Crippen molar-refractivity contribution in [3.8, 4) is 11.4 Å². The molecule has 0 fully saturated rings. The Morgan fingerprint density at radius 2 is 1.81 bits per heavy atom. The Morgan fingerprint density at radius 3 is 2.58 bits per heavy atom. The van der Waals surface area contributed by atoms with Gasteiger partial charge >= 0.3 is 0 Å². The summed E-state index contributed by atoms with van der Waals surface area (Å²) in [6.07, 6.45) is 0. The Balaban J connectivity index is 1.25. The molecule has 1 heterocycles. The van der Waals surface area contributed by atoms with Crippen LogP contribution in [-0.4, -0.2) is 15.3 Å². The first-order valence-corrected chi connectivity index (χ1v) is 11.3. The van der Waals surface area contributed by atoms with E-state index in [1.54, 1.807) is 0 Å². The van der Waals surface area contributed by atoms with Gasteiger partial charge in [-0.2, -0.15) is 4.98 Å². The summed E-state index contributed by atoms with van der Waals surface area (Å²) in [5.41, 5.74) is 4.27. The molecule has 0 unspecified atom stereocenters. The molecule has 0 spiro atoms. The minimum absolute atomic E-state index is 0.358. The molecule has 0 bridgehead atoms. The van der Waals surface area contributed by atoms with E-state index in [0.717, 1.165) is 22.6 Å². The lowest BCUT2D eigenvalue weighted by Crippen LogP contribution is -2.28. The van der Waals surface area contributed by atoms with Crippen LogP contribution in [0.15, 0.2) is 88.3 Å². The molecule has 0 radical (unpaired) electrons. The SMILES string of the molecule is Cc1cccc(-c2noc(CNC(=S)Nc3ccc(CSc4ccccc4)cc3)n2)c1. The van der Waals surface area contributed by atoms with Gasteiger partial charge in [-0.25, -0.2) is 0 Å². The number of aryl methyl sites for hydroxylation is 1. The fourth-order valence-corrected chi connectivity index (χ4v) is 3.99. The van der Waals surface area contributed by atoms with Crippen LogP contribution in [0, 0.1) is 6.92 Å². The standard InChI is InChI=1S/C24H22N4OS2/c1-17-6-5-7-19(14-17)23-27-22(29-28-23)15-25-24(30)26-20-12-10-18(11-13-20)16-31-21-8-3-2-4-9-21/h2-14H,15-16H2,1H3,(H2,25,26,30). The number of thioether (sulfide) groups is 1. The monoisotopic (exact) mass is 446 g/mol. The van der Waals surface area contributed by atoms with Gasteiger partial charge < -0.3 is 15.2 Å². The molecule has 1 aromatic heterocycles. The topological polar surface area (TPSA) is 63.0 Å². The number of benzene rings is 3. The average molecular weight is 447 g/mol. The predicted octanol–water partition coefficient (Wildman–Crippen LogP) is 5.82. The van der Waals surface area contributed by atoms with Crippen molar-refractivity contribution in [2.24, 2.45) is 0 Å². The number of thiocarbonyl (C=S) groups is 1. The van der Waals surface area contributed by atoms with Crippen molar-refractivity contribution >= 4 is 34.8 Å². The summed E-state index contributed by atoms with van der Waals surface area (Å²) in [6, 6.07) is 26.6. The minimum atomic E-state index is 0.358. The van der Waals surface area contributed by atoms with Crippen LogP contribution in [0.4, 0.5) is 5.69 Å². The van der Waals surface area contributed by atoms with Gasteiger partial charge in [0.25, 0.3) is 0 Å². The van der Waals surface area contributed by atoms with E-state index in [1.807, 2.05) is 61.2 Å². The largest absolute Gasteiger partial charge is 0.353 e. The maximum Gasteiger partial charge on any atom is 0.246 e. The maximum absolute atomic E-state index is 5.38. The fraction of sp³-hybridized carbons (Fsp3) is 0.125. The molecule has 2 N–H and O–H groups in total. The van der Waals surface area contributed by atoms with Crippen molar-refractivity contribution in [2.45, 2.75) is 24.1 Å². The number of hydrogen-bond donors (Lipinski definition) is 2. The van der Waals surface area contributed by atoms with E-state index >= 15 is 0 Å². The Bertz CT molecular complexity index is 1140. The number of rotatable bonds is 7. The molecule has 31 heavy (non-hydrogen) atoms. The molecule has 0 saturated carbocycles. The molecular formula is C24H22N4OS2. The molecule has 4 rings (SSSR count). The van der Waals surface area contributed by atoms with Crippen LogP contribution in [0.25, 0.3) is 11.4 Å². The molecule has 0 saturated heterocycles. The van der Waals surface area contributed by atoms with E-state index in [0.29, 0.717) is 23.4 Å². The van der Waals surface area contributed by atoms with Gasteiger partial charge in [0.15, 0.2) is 5.11 Å². The molecular weight excluding hydrogens is 424 g/mol. The summed E-state index contributed by atoms with van der Waals surface area (Å²) in [5.74, 6) is 1.98. The van der Waals surface area contributed by atoms with Gasteiger partial charge in [-0.1, -0.05) is 59.3 Å². The minimum Gasteiger partial charge on any atom is -0.353 e. The first kappa shape index (κ1) is 21.1. The third-order valence-corrected chi connectivity index (χ3v) is 5.83. The summed E-state index contributed by atoms with van der Waals surface area (Å²) in [4.78, 5) is 5.69. The second kappa shape index (κ2) is 10.2. The Hall–Kier alpha value is -3.16. The summed E-state index contributed by atoms with van der Waals surface area (Å²) < 4.78 is 5.33. The van der Waals surface area contributed by atoms with Crippen LogP contribution >= 0.6 is 24.0 Å². The second-order valence-electron chi connectivity index (χ2n) is 6.99. The number of hydrogen-bond acceptors (Lipinski definition) is 5. The highest BCUT2D eigenvalue weighted by atomic mass is 32.2. The van der Waals surface area contributed by atoms with E-state index in [9.17, 15) is 0 Å². The molecule has 7 heteroatoms. The summed E-state index contributed by atoms with van der Waals surface area (Å²) in [5, 5.41) is 10.8. The molecule has 5 nitrogen and oxygen atoms in total. The van der Waals surface area contributed by atoms with Crippen molar-refractivity contribution in [1.82, 2.24) is 15.5 Å². The van der Waals surface area contributed by atoms with Gasteiger partial charge in [-0.15, -0.1) is 11.8 Å². The van der Waals surface area contributed by atoms with Crippen LogP contribution in [0.3, 0.4) is 0 Å². The second-order valence-corrected chi connectivity index (χ2v) is 8.44. The predicted molar refractivity (Wildman–Crippen MR) is 130 cm³/mol. The van der Waals surface area contributed by atoms with Crippen molar-refractivity contribution in [2.75, 3.05) is 5.32 Å². The maximum atomic E-state index is 5.38. The number of nitrogens with one attached hydrogen (secondary N) is 2. The molecule has 3 aromatic carbocycles. The lowest BCUT2D eigenvalue weighted by Gasteiger charge is -2.09. The van der Waals surface area contributed by atoms with Crippen LogP contribution in [0.5, 0.6) is 0 Å². The zero-order valence-electron chi connectivity index (χ0n) is 17.0. The summed E-state index contributed by atoms with van der Waals surface area (Å²) in [6.45, 7) is 2.39. The summed E-state index contributed by atoms with van der Waals surface area (Å²) in [7, 11) is 0. The highest BCUT2D eigenvalue weighted by molar-refractivity contribution is 7.98. The van der Waals surface area contributed by atoms with Crippen molar-refractivity contribution in [3.63, 3.8) is 0 Å².